The standard InChI is InChI=1S/C18H19ClN2O2/c1-11-2-7-16-13(8-11)9-15(18(23)21-16)17(22)20-10-12-3-5-14(19)6-4-12/h3-6,9,11H,2,7-8,10H2,1H3,(H,20,22)(H,21,23). The van der Waals surface area contributed by atoms with E-state index >= 15 is 0 Å². The van der Waals surface area contributed by atoms with Gasteiger partial charge in [0.2, 0.25) is 0 Å². The summed E-state index contributed by atoms with van der Waals surface area (Å²) in [5, 5.41) is 3.44. The highest BCUT2D eigenvalue weighted by molar-refractivity contribution is 6.30. The van der Waals surface area contributed by atoms with Gasteiger partial charge < -0.3 is 10.3 Å². The molecular formula is C18H19ClN2O2. The van der Waals surface area contributed by atoms with E-state index in [1.54, 1.807) is 18.2 Å². The van der Waals surface area contributed by atoms with Crippen molar-refractivity contribution in [1.82, 2.24) is 10.3 Å². The van der Waals surface area contributed by atoms with Crippen molar-refractivity contribution in [3.63, 3.8) is 0 Å². The molecule has 5 heteroatoms. The molecule has 120 valence electrons. The highest BCUT2D eigenvalue weighted by Crippen LogP contribution is 2.23. The van der Waals surface area contributed by atoms with Crippen LogP contribution < -0.4 is 10.9 Å². The van der Waals surface area contributed by atoms with E-state index in [2.05, 4.69) is 17.2 Å². The first-order valence-corrected chi connectivity index (χ1v) is 8.18. The first-order chi connectivity index (χ1) is 11.0. The van der Waals surface area contributed by atoms with Crippen molar-refractivity contribution in [3.05, 3.63) is 68.1 Å². The summed E-state index contributed by atoms with van der Waals surface area (Å²) in [6, 6.07) is 9.00. The quantitative estimate of drug-likeness (QED) is 0.908. The van der Waals surface area contributed by atoms with Crippen LogP contribution in [0.3, 0.4) is 0 Å². The largest absolute Gasteiger partial charge is 0.348 e. The minimum absolute atomic E-state index is 0.187. The molecule has 0 aliphatic heterocycles. The Balaban J connectivity index is 1.75. The molecule has 0 radical (unpaired) electrons. The Bertz CT molecular complexity index is 781. The number of carbonyl (C=O) groups excluding carboxylic acids is 1. The van der Waals surface area contributed by atoms with E-state index in [0.717, 1.165) is 36.1 Å². The fourth-order valence-corrected chi connectivity index (χ4v) is 3.06. The number of aryl methyl sites for hydroxylation is 1. The summed E-state index contributed by atoms with van der Waals surface area (Å²) >= 11 is 5.84. The Morgan fingerprint density at radius 1 is 1.35 bits per heavy atom. The molecule has 0 spiro atoms. The van der Waals surface area contributed by atoms with Gasteiger partial charge in [-0.05, 0) is 54.5 Å². The summed E-state index contributed by atoms with van der Waals surface area (Å²) < 4.78 is 0. The zero-order chi connectivity index (χ0) is 16.4. The van der Waals surface area contributed by atoms with E-state index < -0.39 is 0 Å². The summed E-state index contributed by atoms with van der Waals surface area (Å²) in [5.74, 6) is 0.237. The Labute approximate surface area is 139 Å². The van der Waals surface area contributed by atoms with Gasteiger partial charge in [0.1, 0.15) is 5.56 Å². The van der Waals surface area contributed by atoms with Gasteiger partial charge in [-0.25, -0.2) is 0 Å². The maximum absolute atomic E-state index is 12.3. The SMILES string of the molecule is CC1CCc2[nH]c(=O)c(C(=O)NCc3ccc(Cl)cc3)cc2C1. The summed E-state index contributed by atoms with van der Waals surface area (Å²) in [6.07, 6.45) is 2.85. The van der Waals surface area contributed by atoms with Gasteiger partial charge in [0.15, 0.2) is 0 Å². The summed E-state index contributed by atoms with van der Waals surface area (Å²) in [5.41, 5.74) is 2.87. The summed E-state index contributed by atoms with van der Waals surface area (Å²) in [6.45, 7) is 2.55. The van der Waals surface area contributed by atoms with Gasteiger partial charge in [-0.15, -0.1) is 0 Å². The predicted molar refractivity (Wildman–Crippen MR) is 90.9 cm³/mol. The smallest absolute Gasteiger partial charge is 0.261 e. The van der Waals surface area contributed by atoms with Gasteiger partial charge in [-0.2, -0.15) is 0 Å². The Hall–Kier alpha value is -2.07. The molecule has 1 aromatic heterocycles. The molecule has 3 rings (SSSR count). The lowest BCUT2D eigenvalue weighted by atomic mass is 9.87. The number of fused-ring (bicyclic) bond motifs is 1. The topological polar surface area (TPSA) is 62.0 Å². The molecule has 4 nitrogen and oxygen atoms in total. The number of aromatic amines is 1. The predicted octanol–water partition coefficient (Wildman–Crippen LogP) is 3.08. The number of aromatic nitrogens is 1. The minimum Gasteiger partial charge on any atom is -0.348 e. The number of hydrogen-bond donors (Lipinski definition) is 2. The number of amides is 1. The van der Waals surface area contributed by atoms with Gasteiger partial charge >= 0.3 is 0 Å². The molecule has 1 atom stereocenters. The molecule has 1 amide bonds. The highest BCUT2D eigenvalue weighted by atomic mass is 35.5. The van der Waals surface area contributed by atoms with Gasteiger partial charge in [0.05, 0.1) is 0 Å². The van der Waals surface area contributed by atoms with Crippen molar-refractivity contribution in [2.45, 2.75) is 32.7 Å². The fourth-order valence-electron chi connectivity index (χ4n) is 2.93. The van der Waals surface area contributed by atoms with Crippen molar-refractivity contribution in [1.29, 1.82) is 0 Å². The number of rotatable bonds is 3. The maximum Gasteiger partial charge on any atom is 0.261 e. The molecule has 1 heterocycles. The van der Waals surface area contributed by atoms with Crippen molar-refractivity contribution in [2.24, 2.45) is 5.92 Å². The lowest BCUT2D eigenvalue weighted by molar-refractivity contribution is 0.0949. The van der Waals surface area contributed by atoms with Gasteiger partial charge in [-0.3, -0.25) is 9.59 Å². The van der Waals surface area contributed by atoms with Gasteiger partial charge in [0.25, 0.3) is 11.5 Å². The Morgan fingerprint density at radius 3 is 2.83 bits per heavy atom. The first-order valence-electron chi connectivity index (χ1n) is 7.80. The zero-order valence-corrected chi connectivity index (χ0v) is 13.7. The summed E-state index contributed by atoms with van der Waals surface area (Å²) in [4.78, 5) is 27.3. The molecule has 1 unspecified atom stereocenters. The van der Waals surface area contributed by atoms with E-state index in [1.165, 1.54) is 0 Å². The number of hydrogen-bond acceptors (Lipinski definition) is 2. The van der Waals surface area contributed by atoms with Gasteiger partial charge in [0, 0.05) is 17.3 Å². The summed E-state index contributed by atoms with van der Waals surface area (Å²) in [7, 11) is 0. The van der Waals surface area contributed by atoms with Crippen LogP contribution in [0.25, 0.3) is 0 Å². The molecule has 23 heavy (non-hydrogen) atoms. The average molecular weight is 331 g/mol. The molecule has 1 aromatic carbocycles. The molecular weight excluding hydrogens is 312 g/mol. The minimum atomic E-state index is -0.345. The molecule has 1 aliphatic carbocycles. The average Bonchev–Trinajstić information content (AvgIpc) is 2.54. The number of nitrogens with one attached hydrogen (secondary N) is 2. The molecule has 0 bridgehead atoms. The van der Waals surface area contributed by atoms with Crippen molar-refractivity contribution < 1.29 is 4.79 Å². The van der Waals surface area contributed by atoms with Crippen LogP contribution in [-0.4, -0.2) is 10.9 Å². The second-order valence-electron chi connectivity index (χ2n) is 6.17. The Kier molecular flexibility index (Phi) is 4.53. The van der Waals surface area contributed by atoms with Crippen molar-refractivity contribution >= 4 is 17.5 Å². The van der Waals surface area contributed by atoms with Crippen LogP contribution in [0.5, 0.6) is 0 Å². The molecule has 2 N–H and O–H groups in total. The molecule has 0 fully saturated rings. The molecule has 0 saturated heterocycles. The van der Waals surface area contributed by atoms with E-state index in [1.807, 2.05) is 12.1 Å². The number of pyridine rings is 1. The fraction of sp³-hybridized carbons (Fsp3) is 0.333. The second kappa shape index (κ2) is 6.59. The van der Waals surface area contributed by atoms with Crippen LogP contribution in [-0.2, 0) is 19.4 Å². The normalized spacial score (nSPS) is 16.7. The maximum atomic E-state index is 12.3. The number of carbonyl (C=O) groups is 1. The molecule has 2 aromatic rings. The van der Waals surface area contributed by atoms with Crippen LogP contribution in [0.2, 0.25) is 5.02 Å². The van der Waals surface area contributed by atoms with Crippen LogP contribution in [0.4, 0.5) is 0 Å². The third kappa shape index (κ3) is 3.64. The van der Waals surface area contributed by atoms with Crippen LogP contribution in [0, 0.1) is 5.92 Å². The monoisotopic (exact) mass is 330 g/mol. The van der Waals surface area contributed by atoms with E-state index in [0.29, 0.717) is 17.5 Å². The third-order valence-corrected chi connectivity index (χ3v) is 4.53. The van der Waals surface area contributed by atoms with Crippen LogP contribution in [0.1, 0.15) is 40.5 Å². The number of benzene rings is 1. The second-order valence-corrected chi connectivity index (χ2v) is 6.61. The third-order valence-electron chi connectivity index (χ3n) is 4.28. The van der Waals surface area contributed by atoms with E-state index in [-0.39, 0.29) is 17.0 Å². The first kappa shape index (κ1) is 15.8. The van der Waals surface area contributed by atoms with Crippen molar-refractivity contribution in [3.8, 4) is 0 Å². The van der Waals surface area contributed by atoms with Crippen molar-refractivity contribution in [2.75, 3.05) is 0 Å². The lowest BCUT2D eigenvalue weighted by Gasteiger charge is -2.21. The molecule has 1 aliphatic rings. The number of H-pyrrole nitrogens is 1. The van der Waals surface area contributed by atoms with Gasteiger partial charge in [-0.1, -0.05) is 30.7 Å². The van der Waals surface area contributed by atoms with Crippen LogP contribution in [0.15, 0.2) is 35.1 Å². The molecule has 0 saturated carbocycles. The highest BCUT2D eigenvalue weighted by Gasteiger charge is 2.19. The Morgan fingerprint density at radius 2 is 2.09 bits per heavy atom. The van der Waals surface area contributed by atoms with Crippen LogP contribution >= 0.6 is 11.6 Å². The van der Waals surface area contributed by atoms with E-state index in [4.69, 9.17) is 11.6 Å². The van der Waals surface area contributed by atoms with E-state index in [9.17, 15) is 9.59 Å². The lowest BCUT2D eigenvalue weighted by Crippen LogP contribution is -2.31. The number of halogens is 1. The zero-order valence-electron chi connectivity index (χ0n) is 13.0.